The van der Waals surface area contributed by atoms with E-state index in [0.29, 0.717) is 0 Å². The second-order valence-corrected chi connectivity index (χ2v) is 16.8. The summed E-state index contributed by atoms with van der Waals surface area (Å²) in [4.78, 5) is 2.02. The molecule has 5 rings (SSSR count). The minimum atomic E-state index is -1.27. The first-order valence-electron chi connectivity index (χ1n) is 12.9. The topological polar surface area (TPSA) is 26.0 Å². The maximum absolute atomic E-state index is 6.09. The van der Waals surface area contributed by atoms with Crippen molar-refractivity contribution in [3.8, 4) is 33.4 Å². The molecule has 38 heavy (non-hydrogen) atoms. The van der Waals surface area contributed by atoms with Crippen LogP contribution >= 0.6 is 11.8 Å². The van der Waals surface area contributed by atoms with Crippen LogP contribution < -0.4 is 10.9 Å². The molecule has 2 N–H and O–H groups in total. The van der Waals surface area contributed by atoms with E-state index in [2.05, 4.69) is 123 Å². The van der Waals surface area contributed by atoms with Crippen molar-refractivity contribution in [3.63, 3.8) is 0 Å². The Labute approximate surface area is 232 Å². The Morgan fingerprint density at radius 2 is 0.921 bits per heavy atom. The summed E-state index contributed by atoms with van der Waals surface area (Å²) >= 11 is 1.61. The Hall–Kier alpha value is -3.79. The van der Waals surface area contributed by atoms with E-state index in [-0.39, 0.29) is 0 Å². The molecule has 0 aromatic heterocycles. The molecule has 0 radical (unpaired) electrons. The van der Waals surface area contributed by atoms with Crippen LogP contribution in [0.4, 0.5) is 5.69 Å². The quantitative estimate of drug-likeness (QED) is 0.129. The fourth-order valence-corrected chi connectivity index (χ4v) is 6.51. The van der Waals surface area contributed by atoms with E-state index in [1.165, 1.54) is 38.6 Å². The molecule has 188 valence electrons. The maximum Gasteiger partial charge on any atom is 0.0775 e. The average Bonchev–Trinajstić information content (AvgIpc) is 2.94. The number of nitrogens with two attached hydrogens (primary N) is 1. The van der Waals surface area contributed by atoms with Gasteiger partial charge in [-0.3, -0.25) is 0 Å². The lowest BCUT2D eigenvalue weighted by molar-refractivity contribution is 1.47. The summed E-state index contributed by atoms with van der Waals surface area (Å²) in [5.74, 6) is 0. The van der Waals surface area contributed by atoms with Crippen LogP contribution in [0.2, 0.25) is 19.6 Å². The molecule has 0 amide bonds. The molecule has 0 spiro atoms. The van der Waals surface area contributed by atoms with E-state index in [0.717, 1.165) is 21.1 Å². The van der Waals surface area contributed by atoms with Gasteiger partial charge in [-0.1, -0.05) is 152 Å². The number of nitrogen functional groups attached to an aromatic ring is 1. The normalized spacial score (nSPS) is 11.3. The van der Waals surface area contributed by atoms with Gasteiger partial charge in [-0.2, -0.15) is 0 Å². The Kier molecular flexibility index (Phi) is 7.41. The highest BCUT2D eigenvalue weighted by atomic mass is 32.2. The standard InChI is InChI=1S/C35H33NSSi/c1-25(37-35-8-6-5-7-34(35)36)26-9-11-27(12-10-26)28-13-15-29(16-14-28)30-17-19-31(20-18-30)32-21-23-33(24-22-32)38(2,3)4/h5-24H,1,36H2,2-4H3. The lowest BCUT2D eigenvalue weighted by Gasteiger charge is -2.16. The molecule has 0 aliphatic heterocycles. The van der Waals surface area contributed by atoms with Gasteiger partial charge in [-0.25, -0.2) is 0 Å². The second kappa shape index (κ2) is 10.9. The van der Waals surface area contributed by atoms with Crippen molar-refractivity contribution in [1.29, 1.82) is 0 Å². The van der Waals surface area contributed by atoms with Crippen LogP contribution in [-0.4, -0.2) is 8.07 Å². The Balaban J connectivity index is 1.27. The second-order valence-electron chi connectivity index (χ2n) is 10.6. The van der Waals surface area contributed by atoms with Crippen LogP contribution in [0.15, 0.2) is 133 Å². The molecule has 0 atom stereocenters. The summed E-state index contributed by atoms with van der Waals surface area (Å²) in [7, 11) is -1.27. The van der Waals surface area contributed by atoms with Crippen molar-refractivity contribution in [2.75, 3.05) is 5.73 Å². The highest BCUT2D eigenvalue weighted by Gasteiger charge is 2.15. The van der Waals surface area contributed by atoms with Gasteiger partial charge in [0.25, 0.3) is 0 Å². The first kappa shape index (κ1) is 25.8. The van der Waals surface area contributed by atoms with Gasteiger partial charge < -0.3 is 5.73 Å². The van der Waals surface area contributed by atoms with Crippen LogP contribution in [0.5, 0.6) is 0 Å². The molecule has 5 aromatic rings. The third-order valence-electron chi connectivity index (χ3n) is 6.88. The zero-order valence-corrected chi connectivity index (χ0v) is 24.1. The molecule has 0 aliphatic rings. The predicted molar refractivity (Wildman–Crippen MR) is 171 cm³/mol. The van der Waals surface area contributed by atoms with Gasteiger partial charge in [0, 0.05) is 15.5 Å². The van der Waals surface area contributed by atoms with Crippen molar-refractivity contribution in [3.05, 3.63) is 133 Å². The van der Waals surface area contributed by atoms with E-state index in [1.54, 1.807) is 11.8 Å². The maximum atomic E-state index is 6.09. The molecule has 0 saturated heterocycles. The van der Waals surface area contributed by atoms with Crippen molar-refractivity contribution in [2.45, 2.75) is 24.5 Å². The number of rotatable bonds is 7. The van der Waals surface area contributed by atoms with Crippen molar-refractivity contribution in [1.82, 2.24) is 0 Å². The number of para-hydroxylation sites is 1. The monoisotopic (exact) mass is 527 g/mol. The predicted octanol–water partition coefficient (Wildman–Crippen LogP) is 9.58. The van der Waals surface area contributed by atoms with Gasteiger partial charge in [-0.05, 0) is 51.1 Å². The van der Waals surface area contributed by atoms with Gasteiger partial charge in [0.15, 0.2) is 0 Å². The van der Waals surface area contributed by atoms with E-state index >= 15 is 0 Å². The Morgan fingerprint density at radius 3 is 1.32 bits per heavy atom. The van der Waals surface area contributed by atoms with Crippen molar-refractivity contribution < 1.29 is 0 Å². The number of hydrogen-bond donors (Lipinski definition) is 1. The number of hydrogen-bond acceptors (Lipinski definition) is 2. The molecule has 0 unspecified atom stereocenters. The van der Waals surface area contributed by atoms with Crippen LogP contribution in [0.1, 0.15) is 5.56 Å². The SMILES string of the molecule is C=C(Sc1ccccc1N)c1ccc(-c2ccc(-c3ccc(-c4ccc([Si](C)(C)C)cc4)cc3)cc2)cc1. The molecule has 1 nitrogen and oxygen atoms in total. The van der Waals surface area contributed by atoms with Crippen LogP contribution in [0.3, 0.4) is 0 Å². The molecule has 0 bridgehead atoms. The van der Waals surface area contributed by atoms with Crippen LogP contribution in [0, 0.1) is 0 Å². The van der Waals surface area contributed by atoms with Gasteiger partial charge in [-0.15, -0.1) is 0 Å². The highest BCUT2D eigenvalue weighted by molar-refractivity contribution is 8.08. The van der Waals surface area contributed by atoms with E-state index in [4.69, 9.17) is 5.73 Å². The molecule has 0 fully saturated rings. The Morgan fingerprint density at radius 1 is 0.553 bits per heavy atom. The lowest BCUT2D eigenvalue weighted by Crippen LogP contribution is -2.37. The summed E-state index contributed by atoms with van der Waals surface area (Å²) in [6.07, 6.45) is 0. The summed E-state index contributed by atoms with van der Waals surface area (Å²) < 4.78 is 0. The van der Waals surface area contributed by atoms with Gasteiger partial charge >= 0.3 is 0 Å². The van der Waals surface area contributed by atoms with E-state index < -0.39 is 8.07 Å². The average molecular weight is 528 g/mol. The van der Waals surface area contributed by atoms with Crippen LogP contribution in [0.25, 0.3) is 38.3 Å². The van der Waals surface area contributed by atoms with Crippen LogP contribution in [-0.2, 0) is 0 Å². The molecule has 5 aromatic carbocycles. The minimum Gasteiger partial charge on any atom is -0.398 e. The summed E-state index contributed by atoms with van der Waals surface area (Å²) in [5, 5.41) is 1.49. The smallest absolute Gasteiger partial charge is 0.0775 e. The first-order valence-corrected chi connectivity index (χ1v) is 17.2. The third kappa shape index (κ3) is 5.85. The number of anilines is 1. The summed E-state index contributed by atoms with van der Waals surface area (Å²) in [6.45, 7) is 11.4. The first-order chi connectivity index (χ1) is 18.3. The molecule has 0 heterocycles. The molecule has 0 saturated carbocycles. The zero-order chi connectivity index (χ0) is 26.7. The van der Waals surface area contributed by atoms with Gasteiger partial charge in [0.2, 0.25) is 0 Å². The summed E-state index contributed by atoms with van der Waals surface area (Å²) in [5.41, 5.74) is 15.3. The van der Waals surface area contributed by atoms with E-state index in [1.807, 2.05) is 24.3 Å². The fraction of sp³-hybridized carbons (Fsp3) is 0.0857. The Bertz CT molecular complexity index is 1540. The molecular formula is C35H33NSSi. The third-order valence-corrected chi connectivity index (χ3v) is 10.0. The number of benzene rings is 5. The minimum absolute atomic E-state index is 0.779. The summed E-state index contributed by atoms with van der Waals surface area (Å²) in [6, 6.07) is 43.3. The molecule has 0 aliphatic carbocycles. The largest absolute Gasteiger partial charge is 0.398 e. The van der Waals surface area contributed by atoms with Gasteiger partial charge in [0.1, 0.15) is 0 Å². The fourth-order valence-electron chi connectivity index (χ4n) is 4.49. The number of thioether (sulfide) groups is 1. The molecule has 3 heteroatoms. The van der Waals surface area contributed by atoms with Crippen molar-refractivity contribution in [2.24, 2.45) is 0 Å². The molecular weight excluding hydrogens is 495 g/mol. The zero-order valence-electron chi connectivity index (χ0n) is 22.2. The van der Waals surface area contributed by atoms with Crippen molar-refractivity contribution >= 4 is 35.6 Å². The lowest BCUT2D eigenvalue weighted by atomic mass is 9.98. The van der Waals surface area contributed by atoms with Gasteiger partial charge in [0.05, 0.1) is 8.07 Å². The van der Waals surface area contributed by atoms with E-state index in [9.17, 15) is 0 Å². The highest BCUT2D eigenvalue weighted by Crippen LogP contribution is 2.36.